The van der Waals surface area contributed by atoms with Crippen molar-refractivity contribution in [1.29, 1.82) is 5.26 Å². The van der Waals surface area contributed by atoms with Gasteiger partial charge in [-0.1, -0.05) is 12.1 Å². The van der Waals surface area contributed by atoms with Crippen molar-refractivity contribution >= 4 is 29.4 Å². The molecule has 4 heterocycles. The molecule has 1 aromatic carbocycles. The van der Waals surface area contributed by atoms with Crippen LogP contribution < -0.4 is 10.2 Å². The minimum absolute atomic E-state index is 0.0281. The number of rotatable bonds is 4. The fraction of sp³-hybridized carbons (Fsp3) is 0.394. The molecule has 3 aromatic rings. The van der Waals surface area contributed by atoms with E-state index in [2.05, 4.69) is 21.4 Å². The normalized spacial score (nSPS) is 18.2. The van der Waals surface area contributed by atoms with Gasteiger partial charge in [0.1, 0.15) is 23.2 Å². The molecule has 2 aromatic heterocycles. The quantitative estimate of drug-likeness (QED) is 0.446. The van der Waals surface area contributed by atoms with Crippen molar-refractivity contribution in [1.82, 2.24) is 19.8 Å². The molecule has 2 aliphatic heterocycles. The second-order valence-corrected chi connectivity index (χ2v) is 12.2. The number of hydrogen-bond acceptors (Lipinski definition) is 8. The first-order valence-electron chi connectivity index (χ1n) is 14.7. The van der Waals surface area contributed by atoms with Crippen LogP contribution in [0.1, 0.15) is 68.7 Å². The lowest BCUT2D eigenvalue weighted by molar-refractivity contribution is -0.117. The number of piperazine rings is 1. The molecule has 228 valence electrons. The molecule has 11 heteroatoms. The molecule has 11 nitrogen and oxygen atoms in total. The van der Waals surface area contributed by atoms with Crippen molar-refractivity contribution in [3.05, 3.63) is 71.7 Å². The van der Waals surface area contributed by atoms with Crippen molar-refractivity contribution in [3.63, 3.8) is 0 Å². The average molecular weight is 596 g/mol. The Hall–Kier alpha value is -4.98. The SMILES string of the molecule is CC(=O)N1c2ccc(-c3ccc(C(=O)N4CCN(C(=O)OC(C)(C)C)CC4)nc3)cc2[C@H](Nc2ccc(C#N)cn2)C[C@@H]1C. The molecule has 0 bridgehead atoms. The van der Waals surface area contributed by atoms with Gasteiger partial charge >= 0.3 is 6.09 Å². The summed E-state index contributed by atoms with van der Waals surface area (Å²) in [6.07, 6.45) is 3.52. The van der Waals surface area contributed by atoms with E-state index in [1.54, 1.807) is 41.1 Å². The number of nitrogens with one attached hydrogen (secondary N) is 1. The summed E-state index contributed by atoms with van der Waals surface area (Å²) < 4.78 is 5.45. The van der Waals surface area contributed by atoms with Gasteiger partial charge in [0.05, 0.1) is 11.6 Å². The maximum Gasteiger partial charge on any atom is 0.410 e. The van der Waals surface area contributed by atoms with E-state index in [9.17, 15) is 14.4 Å². The zero-order valence-corrected chi connectivity index (χ0v) is 25.7. The van der Waals surface area contributed by atoms with E-state index < -0.39 is 5.60 Å². The Bertz CT molecular complexity index is 1580. The Morgan fingerprint density at radius 3 is 2.25 bits per heavy atom. The van der Waals surface area contributed by atoms with E-state index in [-0.39, 0.29) is 30.0 Å². The second kappa shape index (κ2) is 12.3. The van der Waals surface area contributed by atoms with Gasteiger partial charge in [0.25, 0.3) is 5.91 Å². The van der Waals surface area contributed by atoms with Gasteiger partial charge in [-0.05, 0) is 75.6 Å². The molecule has 5 rings (SSSR count). The maximum absolute atomic E-state index is 13.2. The number of anilines is 2. The van der Waals surface area contributed by atoms with E-state index in [0.717, 1.165) is 22.4 Å². The summed E-state index contributed by atoms with van der Waals surface area (Å²) in [5.74, 6) is 0.430. The Labute approximate surface area is 257 Å². The van der Waals surface area contributed by atoms with Crippen molar-refractivity contribution in [2.45, 2.75) is 58.7 Å². The summed E-state index contributed by atoms with van der Waals surface area (Å²) in [4.78, 5) is 52.2. The van der Waals surface area contributed by atoms with Crippen LogP contribution in [0.5, 0.6) is 0 Å². The molecule has 1 N–H and O–H groups in total. The number of fused-ring (bicyclic) bond motifs is 1. The van der Waals surface area contributed by atoms with Crippen LogP contribution >= 0.6 is 0 Å². The average Bonchev–Trinajstić information content (AvgIpc) is 3.00. The fourth-order valence-electron chi connectivity index (χ4n) is 5.66. The first-order valence-corrected chi connectivity index (χ1v) is 14.7. The third-order valence-electron chi connectivity index (χ3n) is 7.77. The van der Waals surface area contributed by atoms with Crippen LogP contribution in [0.4, 0.5) is 16.3 Å². The van der Waals surface area contributed by atoms with Gasteiger partial charge in [-0.15, -0.1) is 0 Å². The van der Waals surface area contributed by atoms with E-state index in [0.29, 0.717) is 49.7 Å². The Morgan fingerprint density at radius 2 is 1.66 bits per heavy atom. The van der Waals surface area contributed by atoms with Crippen LogP contribution in [0.3, 0.4) is 0 Å². The van der Waals surface area contributed by atoms with Crippen molar-refractivity contribution in [2.24, 2.45) is 0 Å². The summed E-state index contributed by atoms with van der Waals surface area (Å²) in [6.45, 7) is 10.7. The number of benzene rings is 1. The van der Waals surface area contributed by atoms with Gasteiger partial charge in [-0.2, -0.15) is 5.26 Å². The Morgan fingerprint density at radius 1 is 0.955 bits per heavy atom. The molecule has 0 spiro atoms. The molecule has 1 saturated heterocycles. The molecular weight excluding hydrogens is 558 g/mol. The second-order valence-electron chi connectivity index (χ2n) is 12.2. The number of amides is 3. The van der Waals surface area contributed by atoms with Gasteiger partial charge in [0, 0.05) is 62.8 Å². The van der Waals surface area contributed by atoms with Gasteiger partial charge < -0.3 is 24.8 Å². The van der Waals surface area contributed by atoms with Crippen molar-refractivity contribution in [3.8, 4) is 17.2 Å². The number of hydrogen-bond donors (Lipinski definition) is 1. The predicted molar refractivity (Wildman–Crippen MR) is 166 cm³/mol. The molecule has 2 aliphatic rings. The highest BCUT2D eigenvalue weighted by Gasteiger charge is 2.33. The molecule has 0 aliphatic carbocycles. The number of nitriles is 1. The number of nitrogens with zero attached hydrogens (tertiary/aromatic N) is 6. The predicted octanol–water partition coefficient (Wildman–Crippen LogP) is 5.01. The third-order valence-corrected chi connectivity index (χ3v) is 7.77. The number of carbonyl (C=O) groups excluding carboxylic acids is 3. The fourth-order valence-corrected chi connectivity index (χ4v) is 5.66. The zero-order valence-electron chi connectivity index (χ0n) is 25.7. The van der Waals surface area contributed by atoms with Crippen molar-refractivity contribution in [2.75, 3.05) is 36.4 Å². The molecule has 44 heavy (non-hydrogen) atoms. The highest BCUT2D eigenvalue weighted by molar-refractivity contribution is 5.95. The van der Waals surface area contributed by atoms with Crippen LogP contribution in [0.15, 0.2) is 54.9 Å². The highest BCUT2D eigenvalue weighted by atomic mass is 16.6. The van der Waals surface area contributed by atoms with Crippen LogP contribution in [-0.2, 0) is 9.53 Å². The Balaban J connectivity index is 1.33. The van der Waals surface area contributed by atoms with E-state index >= 15 is 0 Å². The lowest BCUT2D eigenvalue weighted by Gasteiger charge is -2.39. The van der Waals surface area contributed by atoms with Gasteiger partial charge in [-0.3, -0.25) is 14.6 Å². The smallest absolute Gasteiger partial charge is 0.410 e. The molecule has 0 saturated carbocycles. The van der Waals surface area contributed by atoms with E-state index in [1.807, 2.05) is 56.9 Å². The molecule has 0 radical (unpaired) electrons. The van der Waals surface area contributed by atoms with Crippen LogP contribution in [0.25, 0.3) is 11.1 Å². The van der Waals surface area contributed by atoms with Gasteiger partial charge in [-0.25, -0.2) is 9.78 Å². The molecule has 0 unspecified atom stereocenters. The number of pyridine rings is 2. The summed E-state index contributed by atoms with van der Waals surface area (Å²) in [5, 5.41) is 12.6. The van der Waals surface area contributed by atoms with Gasteiger partial charge in [0.2, 0.25) is 5.91 Å². The topological polar surface area (TPSA) is 132 Å². The molecule has 3 amide bonds. The zero-order chi connectivity index (χ0) is 31.6. The maximum atomic E-state index is 13.2. The number of ether oxygens (including phenoxy) is 1. The lowest BCUT2D eigenvalue weighted by atomic mass is 9.89. The minimum Gasteiger partial charge on any atom is -0.444 e. The molecule has 2 atom stereocenters. The molecular formula is C33H37N7O4. The summed E-state index contributed by atoms with van der Waals surface area (Å²) in [7, 11) is 0. The van der Waals surface area contributed by atoms with Crippen molar-refractivity contribution < 1.29 is 19.1 Å². The first kappa shape index (κ1) is 30.5. The largest absolute Gasteiger partial charge is 0.444 e. The number of aromatic nitrogens is 2. The van der Waals surface area contributed by atoms with E-state index in [4.69, 9.17) is 10.00 Å². The minimum atomic E-state index is -0.571. The monoisotopic (exact) mass is 595 g/mol. The Kier molecular flexibility index (Phi) is 8.54. The van der Waals surface area contributed by atoms with Crippen LogP contribution in [-0.4, -0.2) is 75.5 Å². The summed E-state index contributed by atoms with van der Waals surface area (Å²) in [6, 6.07) is 15.0. The lowest BCUT2D eigenvalue weighted by Crippen LogP contribution is -2.51. The molecule has 1 fully saturated rings. The van der Waals surface area contributed by atoms with Gasteiger partial charge in [0.15, 0.2) is 0 Å². The highest BCUT2D eigenvalue weighted by Crippen LogP contribution is 2.41. The standard InChI is InChI=1S/C33H37N7O4/c1-21-16-28(37-30-11-6-23(18-34)19-36-30)26-17-24(8-10-29(26)40(21)22(2)41)25-7-9-27(35-20-25)31(42)38-12-14-39(15-13-38)32(43)44-33(3,4)5/h6-11,17,19-21,28H,12-16H2,1-5H3,(H,36,37)/t21-,28+/m0/s1. The summed E-state index contributed by atoms with van der Waals surface area (Å²) >= 11 is 0. The summed E-state index contributed by atoms with van der Waals surface area (Å²) in [5.41, 5.74) is 3.76. The van der Waals surface area contributed by atoms with Crippen LogP contribution in [0.2, 0.25) is 0 Å². The number of carbonyl (C=O) groups is 3. The van der Waals surface area contributed by atoms with E-state index in [1.165, 1.54) is 6.20 Å². The van der Waals surface area contributed by atoms with Crippen LogP contribution in [0, 0.1) is 11.3 Å². The third kappa shape index (κ3) is 6.64. The first-order chi connectivity index (χ1) is 20.9.